The highest BCUT2D eigenvalue weighted by Crippen LogP contribution is 2.37. The zero-order valence-electron chi connectivity index (χ0n) is 13.9. The van der Waals surface area contributed by atoms with Crippen LogP contribution < -0.4 is 5.32 Å². The van der Waals surface area contributed by atoms with Crippen molar-refractivity contribution in [2.45, 2.75) is 45.1 Å². The summed E-state index contributed by atoms with van der Waals surface area (Å²) >= 11 is 0. The first-order valence-electron chi connectivity index (χ1n) is 7.82. The second-order valence-corrected chi connectivity index (χ2v) is 7.22. The molecule has 5 nitrogen and oxygen atoms in total. The number of hydrogen-bond donors (Lipinski definition) is 1. The Bertz CT molecular complexity index is 792. The highest BCUT2D eigenvalue weighted by molar-refractivity contribution is 6.23. The van der Waals surface area contributed by atoms with Gasteiger partial charge in [-0.05, 0) is 30.4 Å². The minimum Gasteiger partial charge on any atom is -0.329 e. The van der Waals surface area contributed by atoms with Gasteiger partial charge in [0.25, 0.3) is 11.8 Å². The maximum atomic E-state index is 14.4. The van der Waals surface area contributed by atoms with Crippen LogP contribution in [0.5, 0.6) is 0 Å². The summed E-state index contributed by atoms with van der Waals surface area (Å²) in [6.45, 7) is 9.03. The van der Waals surface area contributed by atoms with Crippen LogP contribution in [0.15, 0.2) is 24.4 Å². The first-order valence-corrected chi connectivity index (χ1v) is 7.82. The van der Waals surface area contributed by atoms with Crippen LogP contribution in [-0.2, 0) is 10.2 Å². The Labute approximate surface area is 139 Å². The summed E-state index contributed by atoms with van der Waals surface area (Å²) in [5.74, 6) is -2.11. The Morgan fingerprint density at radius 1 is 1.21 bits per heavy atom. The number of hydrogen-bond acceptors (Lipinski definition) is 3. The van der Waals surface area contributed by atoms with Crippen molar-refractivity contribution in [3.05, 3.63) is 46.9 Å². The summed E-state index contributed by atoms with van der Waals surface area (Å²) in [4.78, 5) is 38.7. The summed E-state index contributed by atoms with van der Waals surface area (Å²) in [5, 5.41) is 2.58. The lowest BCUT2D eigenvalue weighted by Crippen LogP contribution is -2.51. The third kappa shape index (κ3) is 2.33. The standard InChI is InChI=1S/C18H19FN2O3/c1-9-5-8-12(15(22)20-9)21-16(23)10-6-7-11(19)14(18(2,3)4)13(10)17(21)24/h6-7,12H,1,5,8H2,2-4H3,(H,20,22). The molecule has 1 aromatic rings. The Kier molecular flexibility index (Phi) is 3.59. The van der Waals surface area contributed by atoms with E-state index in [9.17, 15) is 18.8 Å². The largest absolute Gasteiger partial charge is 0.329 e. The molecule has 0 bridgehead atoms. The van der Waals surface area contributed by atoms with Crippen LogP contribution in [0.3, 0.4) is 0 Å². The van der Waals surface area contributed by atoms with Gasteiger partial charge in [-0.3, -0.25) is 19.3 Å². The molecule has 3 amide bonds. The van der Waals surface area contributed by atoms with Gasteiger partial charge in [-0.2, -0.15) is 0 Å². The van der Waals surface area contributed by atoms with Crippen LogP contribution in [-0.4, -0.2) is 28.7 Å². The van der Waals surface area contributed by atoms with Gasteiger partial charge in [0.15, 0.2) is 0 Å². The lowest BCUT2D eigenvalue weighted by Gasteiger charge is -2.30. The zero-order chi connectivity index (χ0) is 17.8. The van der Waals surface area contributed by atoms with Crippen LogP contribution in [0, 0.1) is 5.82 Å². The van der Waals surface area contributed by atoms with Crippen molar-refractivity contribution in [2.24, 2.45) is 0 Å². The Morgan fingerprint density at radius 2 is 1.88 bits per heavy atom. The normalized spacial score (nSPS) is 21.2. The summed E-state index contributed by atoms with van der Waals surface area (Å²) in [6, 6.07) is 1.63. The van der Waals surface area contributed by atoms with Crippen LogP contribution in [0.1, 0.15) is 59.9 Å². The molecule has 1 atom stereocenters. The molecule has 3 rings (SSSR count). The van der Waals surface area contributed by atoms with E-state index in [1.165, 1.54) is 12.1 Å². The smallest absolute Gasteiger partial charge is 0.262 e. The van der Waals surface area contributed by atoms with Gasteiger partial charge >= 0.3 is 0 Å². The Morgan fingerprint density at radius 3 is 2.46 bits per heavy atom. The molecular weight excluding hydrogens is 311 g/mol. The van der Waals surface area contributed by atoms with Gasteiger partial charge in [-0.1, -0.05) is 27.4 Å². The van der Waals surface area contributed by atoms with Crippen LogP contribution >= 0.6 is 0 Å². The number of piperidine rings is 1. The SMILES string of the molecule is C=C1CCC(N2C(=O)c3ccc(F)c(C(C)(C)C)c3C2=O)C(=O)N1. The van der Waals surface area contributed by atoms with Crippen molar-refractivity contribution in [3.8, 4) is 0 Å². The van der Waals surface area contributed by atoms with Crippen molar-refractivity contribution < 1.29 is 18.8 Å². The number of nitrogens with zero attached hydrogens (tertiary/aromatic N) is 1. The molecule has 0 aliphatic carbocycles. The van der Waals surface area contributed by atoms with Crippen molar-refractivity contribution in [3.63, 3.8) is 0 Å². The fourth-order valence-electron chi connectivity index (χ4n) is 3.34. The molecule has 2 heterocycles. The maximum absolute atomic E-state index is 14.4. The van der Waals surface area contributed by atoms with E-state index in [4.69, 9.17) is 0 Å². The van der Waals surface area contributed by atoms with Crippen molar-refractivity contribution in [1.29, 1.82) is 0 Å². The molecule has 126 valence electrons. The number of allylic oxidation sites excluding steroid dienone is 1. The van der Waals surface area contributed by atoms with E-state index in [0.717, 1.165) is 4.90 Å². The number of halogens is 1. The highest BCUT2D eigenvalue weighted by atomic mass is 19.1. The van der Waals surface area contributed by atoms with Gasteiger partial charge in [0.2, 0.25) is 5.91 Å². The summed E-state index contributed by atoms with van der Waals surface area (Å²) in [5.41, 5.74) is 0.355. The summed E-state index contributed by atoms with van der Waals surface area (Å²) in [6.07, 6.45) is 0.813. The summed E-state index contributed by atoms with van der Waals surface area (Å²) < 4.78 is 14.4. The number of fused-ring (bicyclic) bond motifs is 1. The van der Waals surface area contributed by atoms with Crippen LogP contribution in [0.2, 0.25) is 0 Å². The number of carbonyl (C=O) groups excluding carboxylic acids is 3. The van der Waals surface area contributed by atoms with E-state index in [0.29, 0.717) is 18.5 Å². The molecule has 2 aliphatic heterocycles. The maximum Gasteiger partial charge on any atom is 0.262 e. The van der Waals surface area contributed by atoms with E-state index in [1.54, 1.807) is 20.8 Å². The fraction of sp³-hybridized carbons (Fsp3) is 0.389. The quantitative estimate of drug-likeness (QED) is 0.805. The predicted molar refractivity (Wildman–Crippen MR) is 85.9 cm³/mol. The molecule has 0 aromatic heterocycles. The lowest BCUT2D eigenvalue weighted by molar-refractivity contribution is -0.125. The second kappa shape index (κ2) is 5.26. The minimum absolute atomic E-state index is 0.0738. The van der Waals surface area contributed by atoms with Gasteiger partial charge in [-0.15, -0.1) is 0 Å². The molecule has 6 heteroatoms. The van der Waals surface area contributed by atoms with Gasteiger partial charge in [0, 0.05) is 11.3 Å². The molecule has 0 radical (unpaired) electrons. The van der Waals surface area contributed by atoms with E-state index in [-0.39, 0.29) is 16.7 Å². The first kappa shape index (κ1) is 16.4. The highest BCUT2D eigenvalue weighted by Gasteiger charge is 2.46. The predicted octanol–water partition coefficient (Wildman–Crippen LogP) is 2.51. The van der Waals surface area contributed by atoms with Crippen molar-refractivity contribution in [1.82, 2.24) is 10.2 Å². The second-order valence-electron chi connectivity index (χ2n) is 7.22. The van der Waals surface area contributed by atoms with E-state index in [1.807, 2.05) is 0 Å². The number of rotatable bonds is 1. The van der Waals surface area contributed by atoms with Crippen molar-refractivity contribution >= 4 is 17.7 Å². The van der Waals surface area contributed by atoms with E-state index in [2.05, 4.69) is 11.9 Å². The number of imide groups is 1. The van der Waals surface area contributed by atoms with Crippen molar-refractivity contribution in [2.75, 3.05) is 0 Å². The average molecular weight is 330 g/mol. The van der Waals surface area contributed by atoms with E-state index < -0.39 is 35.0 Å². The molecule has 1 unspecified atom stereocenters. The number of amides is 3. The first-order chi connectivity index (χ1) is 11.1. The van der Waals surface area contributed by atoms with Gasteiger partial charge < -0.3 is 5.32 Å². The molecular formula is C18H19FN2O3. The molecule has 24 heavy (non-hydrogen) atoms. The van der Waals surface area contributed by atoms with Gasteiger partial charge in [-0.25, -0.2) is 4.39 Å². The number of nitrogens with one attached hydrogen (secondary N) is 1. The molecule has 2 aliphatic rings. The molecule has 0 saturated carbocycles. The number of benzene rings is 1. The Balaban J connectivity index is 2.10. The molecule has 1 saturated heterocycles. The zero-order valence-corrected chi connectivity index (χ0v) is 13.9. The van der Waals surface area contributed by atoms with Crippen LogP contribution in [0.4, 0.5) is 4.39 Å². The molecule has 1 aromatic carbocycles. The molecule has 1 N–H and O–H groups in total. The monoisotopic (exact) mass is 330 g/mol. The van der Waals surface area contributed by atoms with E-state index >= 15 is 0 Å². The van der Waals surface area contributed by atoms with Gasteiger partial charge in [0.1, 0.15) is 11.9 Å². The molecule has 0 spiro atoms. The lowest BCUT2D eigenvalue weighted by atomic mass is 9.82. The van der Waals surface area contributed by atoms with Crippen LogP contribution in [0.25, 0.3) is 0 Å². The number of carbonyl (C=O) groups is 3. The average Bonchev–Trinajstić information content (AvgIpc) is 2.70. The van der Waals surface area contributed by atoms with Gasteiger partial charge in [0.05, 0.1) is 11.1 Å². The third-order valence-electron chi connectivity index (χ3n) is 4.42. The minimum atomic E-state index is -0.890. The fourth-order valence-corrected chi connectivity index (χ4v) is 3.34. The third-order valence-corrected chi connectivity index (χ3v) is 4.42. The summed E-state index contributed by atoms with van der Waals surface area (Å²) in [7, 11) is 0. The Hall–Kier alpha value is -2.50. The topological polar surface area (TPSA) is 66.5 Å². The molecule has 1 fully saturated rings.